The summed E-state index contributed by atoms with van der Waals surface area (Å²) in [4.78, 5) is 11.3. The van der Waals surface area contributed by atoms with Gasteiger partial charge in [-0.3, -0.25) is 4.79 Å². The summed E-state index contributed by atoms with van der Waals surface area (Å²) in [6.07, 6.45) is 6.83. The molecular formula is C12H21ClO2. The van der Waals surface area contributed by atoms with Crippen LogP contribution in [-0.2, 0) is 9.53 Å². The van der Waals surface area contributed by atoms with Crippen molar-refractivity contribution in [2.75, 3.05) is 12.5 Å². The second kappa shape index (κ2) is 7.24. The predicted molar refractivity (Wildman–Crippen MR) is 62.3 cm³/mol. The van der Waals surface area contributed by atoms with Gasteiger partial charge in [-0.15, -0.1) is 11.6 Å². The summed E-state index contributed by atoms with van der Waals surface area (Å²) in [5.41, 5.74) is 0. The Morgan fingerprint density at radius 1 is 1.53 bits per heavy atom. The fourth-order valence-corrected chi connectivity index (χ4v) is 2.41. The second-order valence-electron chi connectivity index (χ2n) is 4.35. The second-order valence-corrected chi connectivity index (χ2v) is 4.73. The lowest BCUT2D eigenvalue weighted by atomic mass is 9.94. The van der Waals surface area contributed by atoms with Crippen molar-refractivity contribution < 1.29 is 9.53 Å². The molecule has 0 aliphatic carbocycles. The van der Waals surface area contributed by atoms with Crippen molar-refractivity contribution in [3.05, 3.63) is 0 Å². The Morgan fingerprint density at radius 2 is 2.33 bits per heavy atom. The molecule has 88 valence electrons. The lowest BCUT2D eigenvalue weighted by Gasteiger charge is -2.13. The van der Waals surface area contributed by atoms with Crippen LogP contribution < -0.4 is 0 Å². The molecular weight excluding hydrogens is 212 g/mol. The third kappa shape index (κ3) is 4.98. The van der Waals surface area contributed by atoms with Crippen LogP contribution in [0.25, 0.3) is 0 Å². The van der Waals surface area contributed by atoms with Crippen LogP contribution in [0.3, 0.4) is 0 Å². The first-order valence-electron chi connectivity index (χ1n) is 5.92. The Hall–Kier alpha value is -0.0800. The van der Waals surface area contributed by atoms with Gasteiger partial charge in [-0.1, -0.05) is 6.42 Å². The van der Waals surface area contributed by atoms with E-state index in [1.54, 1.807) is 6.92 Å². The average molecular weight is 233 g/mol. The van der Waals surface area contributed by atoms with Crippen LogP contribution >= 0.6 is 11.6 Å². The van der Waals surface area contributed by atoms with E-state index >= 15 is 0 Å². The van der Waals surface area contributed by atoms with Crippen LogP contribution in [0.2, 0.25) is 0 Å². The molecule has 0 bridgehead atoms. The van der Waals surface area contributed by atoms with Gasteiger partial charge in [-0.05, 0) is 39.0 Å². The summed E-state index contributed by atoms with van der Waals surface area (Å²) >= 11 is 5.67. The molecule has 0 N–H and O–H groups in total. The van der Waals surface area contributed by atoms with Crippen LogP contribution in [0.4, 0.5) is 0 Å². The molecule has 15 heavy (non-hydrogen) atoms. The van der Waals surface area contributed by atoms with Gasteiger partial charge in [0.1, 0.15) is 5.78 Å². The number of hydrogen-bond acceptors (Lipinski definition) is 2. The highest BCUT2D eigenvalue weighted by Crippen LogP contribution is 2.21. The number of carbonyl (C=O) groups is 1. The molecule has 1 saturated heterocycles. The smallest absolute Gasteiger partial charge is 0.132 e. The summed E-state index contributed by atoms with van der Waals surface area (Å²) in [6, 6.07) is 0. The van der Waals surface area contributed by atoms with Gasteiger partial charge in [0.05, 0.1) is 6.10 Å². The van der Waals surface area contributed by atoms with Crippen molar-refractivity contribution >= 4 is 17.4 Å². The van der Waals surface area contributed by atoms with E-state index in [4.69, 9.17) is 16.3 Å². The molecule has 1 heterocycles. The largest absolute Gasteiger partial charge is 0.378 e. The molecule has 3 heteroatoms. The number of Topliss-reactive ketones (excluding diaryl/α,β-unsaturated/α-hetero) is 1. The molecule has 1 rings (SSSR count). The van der Waals surface area contributed by atoms with E-state index in [-0.39, 0.29) is 11.7 Å². The summed E-state index contributed by atoms with van der Waals surface area (Å²) < 4.78 is 5.54. The standard InChI is InChI=1S/C12H21ClO2/c1-10(14)11(7-8-13)4-2-5-12-6-3-9-15-12/h11-12H,2-9H2,1H3. The fourth-order valence-electron chi connectivity index (χ4n) is 2.15. The summed E-state index contributed by atoms with van der Waals surface area (Å²) in [5.74, 6) is 1.04. The van der Waals surface area contributed by atoms with E-state index in [2.05, 4.69) is 0 Å². The molecule has 1 aliphatic rings. The van der Waals surface area contributed by atoms with Crippen molar-refractivity contribution in [1.29, 1.82) is 0 Å². The van der Waals surface area contributed by atoms with E-state index in [0.717, 1.165) is 32.3 Å². The highest BCUT2D eigenvalue weighted by atomic mass is 35.5. The van der Waals surface area contributed by atoms with Crippen molar-refractivity contribution in [2.45, 2.75) is 51.6 Å². The zero-order valence-corrected chi connectivity index (χ0v) is 10.3. The Balaban J connectivity index is 2.12. The van der Waals surface area contributed by atoms with Gasteiger partial charge in [0.25, 0.3) is 0 Å². The van der Waals surface area contributed by atoms with E-state index in [0.29, 0.717) is 12.0 Å². The Labute approximate surface area is 97.3 Å². The molecule has 0 amide bonds. The molecule has 0 aromatic carbocycles. The molecule has 0 saturated carbocycles. The minimum absolute atomic E-state index is 0.170. The van der Waals surface area contributed by atoms with Crippen molar-refractivity contribution in [1.82, 2.24) is 0 Å². The minimum atomic E-state index is 0.170. The molecule has 2 atom stereocenters. The molecule has 0 aromatic heterocycles. The minimum Gasteiger partial charge on any atom is -0.378 e. The van der Waals surface area contributed by atoms with Crippen molar-refractivity contribution in [3.8, 4) is 0 Å². The SMILES string of the molecule is CC(=O)C(CCCl)CCCC1CCCO1. The fraction of sp³-hybridized carbons (Fsp3) is 0.917. The third-order valence-electron chi connectivity index (χ3n) is 3.14. The lowest BCUT2D eigenvalue weighted by molar-refractivity contribution is -0.121. The lowest BCUT2D eigenvalue weighted by Crippen LogP contribution is -2.13. The number of carbonyl (C=O) groups excluding carboxylic acids is 1. The molecule has 2 unspecified atom stereocenters. The first-order valence-corrected chi connectivity index (χ1v) is 6.45. The van der Waals surface area contributed by atoms with Gasteiger partial charge < -0.3 is 4.74 Å². The molecule has 0 radical (unpaired) electrons. The Bertz CT molecular complexity index is 188. The topological polar surface area (TPSA) is 26.3 Å². The third-order valence-corrected chi connectivity index (χ3v) is 3.35. The maximum Gasteiger partial charge on any atom is 0.132 e. The van der Waals surface area contributed by atoms with E-state index in [1.165, 1.54) is 12.8 Å². The Morgan fingerprint density at radius 3 is 2.87 bits per heavy atom. The predicted octanol–water partition coefficient (Wildman–Crippen LogP) is 3.17. The van der Waals surface area contributed by atoms with Crippen LogP contribution in [0.15, 0.2) is 0 Å². The summed E-state index contributed by atoms with van der Waals surface area (Å²) in [5, 5.41) is 0. The van der Waals surface area contributed by atoms with Gasteiger partial charge in [0, 0.05) is 18.4 Å². The van der Waals surface area contributed by atoms with Crippen LogP contribution in [0, 0.1) is 5.92 Å². The zero-order chi connectivity index (χ0) is 11.1. The molecule has 0 aromatic rings. The Kier molecular flexibility index (Phi) is 6.26. The zero-order valence-electron chi connectivity index (χ0n) is 9.51. The van der Waals surface area contributed by atoms with Gasteiger partial charge in [0.15, 0.2) is 0 Å². The van der Waals surface area contributed by atoms with Crippen molar-refractivity contribution in [2.24, 2.45) is 5.92 Å². The number of hydrogen-bond donors (Lipinski definition) is 0. The summed E-state index contributed by atoms with van der Waals surface area (Å²) in [6.45, 7) is 2.59. The van der Waals surface area contributed by atoms with Crippen LogP contribution in [-0.4, -0.2) is 24.4 Å². The number of ether oxygens (including phenoxy) is 1. The number of ketones is 1. The highest BCUT2D eigenvalue weighted by Gasteiger charge is 2.17. The van der Waals surface area contributed by atoms with E-state index < -0.39 is 0 Å². The quantitative estimate of drug-likeness (QED) is 0.631. The van der Waals surface area contributed by atoms with Gasteiger partial charge >= 0.3 is 0 Å². The average Bonchev–Trinajstić information content (AvgIpc) is 2.69. The number of alkyl halides is 1. The van der Waals surface area contributed by atoms with E-state index in [9.17, 15) is 4.79 Å². The van der Waals surface area contributed by atoms with Gasteiger partial charge in [0.2, 0.25) is 0 Å². The maximum absolute atomic E-state index is 11.3. The molecule has 0 spiro atoms. The van der Waals surface area contributed by atoms with Crippen LogP contribution in [0.1, 0.15) is 45.4 Å². The first-order chi connectivity index (χ1) is 7.24. The summed E-state index contributed by atoms with van der Waals surface area (Å²) in [7, 11) is 0. The number of halogens is 1. The van der Waals surface area contributed by atoms with E-state index in [1.807, 2.05) is 0 Å². The highest BCUT2D eigenvalue weighted by molar-refractivity contribution is 6.18. The van der Waals surface area contributed by atoms with Gasteiger partial charge in [-0.25, -0.2) is 0 Å². The molecule has 2 nitrogen and oxygen atoms in total. The van der Waals surface area contributed by atoms with Crippen LogP contribution in [0.5, 0.6) is 0 Å². The first kappa shape index (κ1) is 13.0. The van der Waals surface area contributed by atoms with Gasteiger partial charge in [-0.2, -0.15) is 0 Å². The molecule has 1 fully saturated rings. The number of rotatable bonds is 7. The molecule has 1 aliphatic heterocycles. The normalized spacial score (nSPS) is 22.9. The monoisotopic (exact) mass is 232 g/mol. The maximum atomic E-state index is 11.3. The van der Waals surface area contributed by atoms with Crippen molar-refractivity contribution in [3.63, 3.8) is 0 Å².